The van der Waals surface area contributed by atoms with Gasteiger partial charge in [0.15, 0.2) is 5.17 Å². The van der Waals surface area contributed by atoms with Crippen LogP contribution in [0.4, 0.5) is 0 Å². The summed E-state index contributed by atoms with van der Waals surface area (Å²) in [5.41, 5.74) is 4.40. The molecule has 0 spiro atoms. The standard InChI is InChI=1S/C21H26N2O4S3/c1-13-9-15(3)19(16(4)10-13)29(24,25)22-21-23(7-8-28-21)30(26,27)20-17(5)11-14(2)12-18(20)6/h9-12H,7-8H2,1-6H3. The van der Waals surface area contributed by atoms with E-state index >= 15 is 0 Å². The highest BCUT2D eigenvalue weighted by molar-refractivity contribution is 8.16. The van der Waals surface area contributed by atoms with Gasteiger partial charge in [-0.2, -0.15) is 8.42 Å². The van der Waals surface area contributed by atoms with Crippen LogP contribution in [0.1, 0.15) is 33.4 Å². The number of hydrogen-bond donors (Lipinski definition) is 0. The van der Waals surface area contributed by atoms with Crippen LogP contribution in [0.2, 0.25) is 0 Å². The summed E-state index contributed by atoms with van der Waals surface area (Å²) < 4.78 is 58.2. The summed E-state index contributed by atoms with van der Waals surface area (Å²) in [5, 5.41) is -0.00579. The van der Waals surface area contributed by atoms with Crippen molar-refractivity contribution in [3.05, 3.63) is 57.6 Å². The zero-order valence-electron chi connectivity index (χ0n) is 18.0. The highest BCUT2D eigenvalue weighted by Crippen LogP contribution is 2.32. The number of rotatable bonds is 4. The summed E-state index contributed by atoms with van der Waals surface area (Å²) in [6, 6.07) is 7.20. The van der Waals surface area contributed by atoms with Gasteiger partial charge < -0.3 is 0 Å². The number of hydrogen-bond acceptors (Lipinski definition) is 5. The van der Waals surface area contributed by atoms with Crippen molar-refractivity contribution in [2.24, 2.45) is 4.40 Å². The zero-order chi connectivity index (χ0) is 22.4. The Balaban J connectivity index is 2.11. The molecule has 0 atom stereocenters. The maximum Gasteiger partial charge on any atom is 0.285 e. The lowest BCUT2D eigenvalue weighted by molar-refractivity contribution is 0.538. The Morgan fingerprint density at radius 1 is 0.767 bits per heavy atom. The van der Waals surface area contributed by atoms with Crippen molar-refractivity contribution in [2.75, 3.05) is 12.3 Å². The molecule has 0 saturated carbocycles. The number of thioether (sulfide) groups is 1. The summed E-state index contributed by atoms with van der Waals surface area (Å²) in [5.74, 6) is 0.448. The van der Waals surface area contributed by atoms with Crippen LogP contribution in [-0.2, 0) is 20.0 Å². The maximum absolute atomic E-state index is 13.4. The molecule has 0 bridgehead atoms. The third-order valence-electron chi connectivity index (χ3n) is 4.95. The first-order chi connectivity index (χ1) is 13.8. The van der Waals surface area contributed by atoms with Crippen molar-refractivity contribution in [3.63, 3.8) is 0 Å². The van der Waals surface area contributed by atoms with E-state index in [1.54, 1.807) is 39.8 Å². The first kappa shape index (κ1) is 22.8. The number of sulfonamides is 2. The molecule has 1 heterocycles. The van der Waals surface area contributed by atoms with Crippen molar-refractivity contribution in [2.45, 2.75) is 51.3 Å². The normalized spacial score (nSPS) is 16.5. The van der Waals surface area contributed by atoms with Gasteiger partial charge in [-0.15, -0.1) is 4.40 Å². The zero-order valence-corrected chi connectivity index (χ0v) is 20.4. The summed E-state index contributed by atoms with van der Waals surface area (Å²) in [6.07, 6.45) is 0. The number of nitrogens with zero attached hydrogens (tertiary/aromatic N) is 2. The molecule has 1 aliphatic rings. The Labute approximate surface area is 183 Å². The van der Waals surface area contributed by atoms with E-state index in [0.29, 0.717) is 28.0 Å². The van der Waals surface area contributed by atoms with Crippen LogP contribution in [0.25, 0.3) is 0 Å². The van der Waals surface area contributed by atoms with Gasteiger partial charge in [0.05, 0.1) is 9.79 Å². The van der Waals surface area contributed by atoms with Crippen LogP contribution in [0.15, 0.2) is 38.5 Å². The molecule has 0 amide bonds. The molecule has 1 saturated heterocycles. The van der Waals surface area contributed by atoms with E-state index in [-0.39, 0.29) is 21.5 Å². The predicted octanol–water partition coefficient (Wildman–Crippen LogP) is 4.02. The number of amidine groups is 1. The Hall–Kier alpha value is -1.84. The molecule has 2 aromatic carbocycles. The fraction of sp³-hybridized carbons (Fsp3) is 0.381. The largest absolute Gasteiger partial charge is 0.285 e. The van der Waals surface area contributed by atoms with Crippen molar-refractivity contribution >= 4 is 37.0 Å². The molecule has 1 aliphatic heterocycles. The maximum atomic E-state index is 13.4. The average molecular weight is 467 g/mol. The van der Waals surface area contributed by atoms with Crippen LogP contribution < -0.4 is 0 Å². The Morgan fingerprint density at radius 3 is 1.67 bits per heavy atom. The second-order valence-electron chi connectivity index (χ2n) is 7.73. The Morgan fingerprint density at radius 2 is 1.20 bits per heavy atom. The van der Waals surface area contributed by atoms with Crippen LogP contribution in [0.3, 0.4) is 0 Å². The van der Waals surface area contributed by atoms with Gasteiger partial charge in [-0.25, -0.2) is 12.7 Å². The molecule has 0 radical (unpaired) electrons. The lowest BCUT2D eigenvalue weighted by atomic mass is 10.1. The number of benzene rings is 2. The molecule has 0 unspecified atom stereocenters. The van der Waals surface area contributed by atoms with Gasteiger partial charge >= 0.3 is 0 Å². The monoisotopic (exact) mass is 466 g/mol. The lowest BCUT2D eigenvalue weighted by Crippen LogP contribution is -2.33. The van der Waals surface area contributed by atoms with Crippen LogP contribution >= 0.6 is 11.8 Å². The van der Waals surface area contributed by atoms with E-state index in [1.165, 1.54) is 0 Å². The first-order valence-corrected chi connectivity index (χ1v) is 13.4. The molecule has 2 aromatic rings. The first-order valence-electron chi connectivity index (χ1n) is 9.51. The molecule has 0 aromatic heterocycles. The molecule has 162 valence electrons. The molecule has 30 heavy (non-hydrogen) atoms. The van der Waals surface area contributed by atoms with Crippen molar-refractivity contribution in [3.8, 4) is 0 Å². The molecule has 1 fully saturated rings. The van der Waals surface area contributed by atoms with Gasteiger partial charge in [0.2, 0.25) is 0 Å². The molecule has 0 N–H and O–H groups in total. The van der Waals surface area contributed by atoms with E-state index in [4.69, 9.17) is 0 Å². The minimum atomic E-state index is -4.06. The fourth-order valence-electron chi connectivity index (χ4n) is 4.09. The molecular weight excluding hydrogens is 440 g/mol. The summed E-state index contributed by atoms with van der Waals surface area (Å²) >= 11 is 1.14. The SMILES string of the molecule is Cc1cc(C)c(S(=O)(=O)N=C2SCCN2S(=O)(=O)c2c(C)cc(C)cc2C)c(C)c1. The Kier molecular flexibility index (Phi) is 6.10. The van der Waals surface area contributed by atoms with Gasteiger partial charge in [-0.1, -0.05) is 47.2 Å². The minimum absolute atomic E-state index is 0.00579. The van der Waals surface area contributed by atoms with Crippen molar-refractivity contribution in [1.82, 2.24) is 4.31 Å². The van der Waals surface area contributed by atoms with Gasteiger partial charge in [0, 0.05) is 12.3 Å². The quantitative estimate of drug-likeness (QED) is 0.680. The van der Waals surface area contributed by atoms with Gasteiger partial charge in [-0.3, -0.25) is 0 Å². The smallest absolute Gasteiger partial charge is 0.243 e. The summed E-state index contributed by atoms with van der Waals surface area (Å²) in [7, 11) is -7.99. The summed E-state index contributed by atoms with van der Waals surface area (Å²) in [4.78, 5) is 0.344. The molecule has 9 heteroatoms. The lowest BCUT2D eigenvalue weighted by Gasteiger charge is -2.21. The van der Waals surface area contributed by atoms with Crippen LogP contribution in [0, 0.1) is 41.5 Å². The average Bonchev–Trinajstić information content (AvgIpc) is 3.00. The second kappa shape index (κ2) is 8.01. The van der Waals surface area contributed by atoms with Crippen molar-refractivity contribution < 1.29 is 16.8 Å². The van der Waals surface area contributed by atoms with Crippen molar-refractivity contribution in [1.29, 1.82) is 0 Å². The summed E-state index contributed by atoms with van der Waals surface area (Å²) in [6.45, 7) is 10.9. The highest BCUT2D eigenvalue weighted by atomic mass is 32.2. The third-order valence-corrected chi connectivity index (χ3v) is 9.81. The molecular formula is C21H26N2O4S3. The van der Waals surface area contributed by atoms with Crippen LogP contribution in [0.5, 0.6) is 0 Å². The predicted molar refractivity (Wildman–Crippen MR) is 122 cm³/mol. The van der Waals surface area contributed by atoms with E-state index in [1.807, 2.05) is 26.0 Å². The van der Waals surface area contributed by atoms with E-state index < -0.39 is 20.0 Å². The van der Waals surface area contributed by atoms with E-state index in [2.05, 4.69) is 4.40 Å². The van der Waals surface area contributed by atoms with Crippen LogP contribution in [-0.4, -0.2) is 38.6 Å². The van der Waals surface area contributed by atoms with E-state index in [9.17, 15) is 16.8 Å². The Bertz CT molecular complexity index is 1220. The van der Waals surface area contributed by atoms with E-state index in [0.717, 1.165) is 27.2 Å². The molecule has 0 aliphatic carbocycles. The highest BCUT2D eigenvalue weighted by Gasteiger charge is 2.36. The molecule has 6 nitrogen and oxygen atoms in total. The van der Waals surface area contributed by atoms with Gasteiger partial charge in [0.25, 0.3) is 20.0 Å². The topological polar surface area (TPSA) is 83.9 Å². The number of aryl methyl sites for hydroxylation is 6. The van der Waals surface area contributed by atoms with Gasteiger partial charge in [0.1, 0.15) is 0 Å². The minimum Gasteiger partial charge on any atom is -0.243 e. The fourth-order valence-corrected chi connectivity index (χ4v) is 8.96. The van der Waals surface area contributed by atoms with Gasteiger partial charge in [-0.05, 0) is 63.8 Å². The second-order valence-corrected chi connectivity index (χ2v) is 12.1. The third kappa shape index (κ3) is 4.15. The molecule has 3 rings (SSSR count).